The summed E-state index contributed by atoms with van der Waals surface area (Å²) in [5.74, 6) is -0.932. The van der Waals surface area contributed by atoms with Crippen LogP contribution in [0.1, 0.15) is 20.3 Å². The summed E-state index contributed by atoms with van der Waals surface area (Å²) in [5, 5.41) is 8.81. The SMILES string of the molecule is CC(C)OCCN1CCS(=O)(=O)CC1CC(=O)O. The summed E-state index contributed by atoms with van der Waals surface area (Å²) in [6, 6.07) is -0.433. The van der Waals surface area contributed by atoms with Gasteiger partial charge in [0.05, 0.1) is 30.6 Å². The average molecular weight is 279 g/mol. The van der Waals surface area contributed by atoms with E-state index in [9.17, 15) is 13.2 Å². The first-order chi connectivity index (χ1) is 8.30. The van der Waals surface area contributed by atoms with Crippen LogP contribution in [0.25, 0.3) is 0 Å². The molecule has 0 bridgehead atoms. The maximum atomic E-state index is 11.5. The lowest BCUT2D eigenvalue weighted by Gasteiger charge is -2.34. The second kappa shape index (κ2) is 6.49. The number of nitrogens with zero attached hydrogens (tertiary/aromatic N) is 1. The molecule has 0 aromatic rings. The van der Waals surface area contributed by atoms with E-state index >= 15 is 0 Å². The normalized spacial score (nSPS) is 24.3. The first kappa shape index (κ1) is 15.4. The molecule has 0 radical (unpaired) electrons. The number of hydrogen-bond donors (Lipinski definition) is 1. The molecule has 1 fully saturated rings. The zero-order chi connectivity index (χ0) is 13.8. The molecule has 0 saturated carbocycles. The second-order valence-corrected chi connectivity index (χ2v) is 7.05. The smallest absolute Gasteiger partial charge is 0.304 e. The van der Waals surface area contributed by atoms with E-state index in [-0.39, 0.29) is 24.0 Å². The van der Waals surface area contributed by atoms with Crippen molar-refractivity contribution in [3.05, 3.63) is 0 Å². The first-order valence-electron chi connectivity index (χ1n) is 6.08. The summed E-state index contributed by atoms with van der Waals surface area (Å²) in [6.07, 6.45) is -0.0163. The highest BCUT2D eigenvalue weighted by molar-refractivity contribution is 7.91. The van der Waals surface area contributed by atoms with Gasteiger partial charge in [-0.1, -0.05) is 0 Å². The van der Waals surface area contributed by atoms with Crippen molar-refractivity contribution in [2.24, 2.45) is 0 Å². The molecule has 1 atom stereocenters. The van der Waals surface area contributed by atoms with Gasteiger partial charge in [0.15, 0.2) is 9.84 Å². The number of aliphatic carboxylic acids is 1. The van der Waals surface area contributed by atoms with Crippen molar-refractivity contribution in [2.45, 2.75) is 32.4 Å². The Bertz CT molecular complexity index is 379. The molecule has 0 amide bonds. The predicted molar refractivity (Wildman–Crippen MR) is 67.4 cm³/mol. The van der Waals surface area contributed by atoms with Crippen molar-refractivity contribution in [1.82, 2.24) is 4.90 Å². The molecule has 1 aliphatic rings. The summed E-state index contributed by atoms with van der Waals surface area (Å²) < 4.78 is 28.4. The maximum absolute atomic E-state index is 11.5. The molecule has 1 saturated heterocycles. The molecule has 1 aliphatic heterocycles. The lowest BCUT2D eigenvalue weighted by molar-refractivity contribution is -0.138. The quantitative estimate of drug-likeness (QED) is 0.736. The van der Waals surface area contributed by atoms with Gasteiger partial charge in [-0.25, -0.2) is 8.42 Å². The van der Waals surface area contributed by atoms with Crippen LogP contribution in [-0.4, -0.2) is 67.7 Å². The molecule has 18 heavy (non-hydrogen) atoms. The van der Waals surface area contributed by atoms with Crippen molar-refractivity contribution < 1.29 is 23.1 Å². The Kier molecular flexibility index (Phi) is 5.55. The van der Waals surface area contributed by atoms with Crippen molar-refractivity contribution in [2.75, 3.05) is 31.2 Å². The molecule has 0 spiro atoms. The molecule has 7 heteroatoms. The van der Waals surface area contributed by atoms with Gasteiger partial charge in [-0.2, -0.15) is 0 Å². The highest BCUT2D eigenvalue weighted by Gasteiger charge is 2.32. The van der Waals surface area contributed by atoms with Crippen LogP contribution in [0.15, 0.2) is 0 Å². The zero-order valence-electron chi connectivity index (χ0n) is 10.8. The molecule has 6 nitrogen and oxygen atoms in total. The van der Waals surface area contributed by atoms with Crippen LogP contribution in [0, 0.1) is 0 Å². The van der Waals surface area contributed by atoms with E-state index in [0.29, 0.717) is 19.7 Å². The minimum atomic E-state index is -3.10. The topological polar surface area (TPSA) is 83.9 Å². The zero-order valence-corrected chi connectivity index (χ0v) is 11.6. The average Bonchev–Trinajstić information content (AvgIpc) is 2.19. The van der Waals surface area contributed by atoms with Crippen LogP contribution in [0.3, 0.4) is 0 Å². The number of ether oxygens (including phenoxy) is 1. The lowest BCUT2D eigenvalue weighted by Crippen LogP contribution is -2.50. The lowest BCUT2D eigenvalue weighted by atomic mass is 10.2. The summed E-state index contributed by atoms with van der Waals surface area (Å²) in [7, 11) is -3.10. The van der Waals surface area contributed by atoms with Gasteiger partial charge in [0.2, 0.25) is 0 Å². The van der Waals surface area contributed by atoms with Gasteiger partial charge in [-0.05, 0) is 13.8 Å². The maximum Gasteiger partial charge on any atom is 0.304 e. The Balaban J connectivity index is 2.55. The molecule has 0 aliphatic carbocycles. The Morgan fingerprint density at radius 2 is 2.17 bits per heavy atom. The van der Waals surface area contributed by atoms with Crippen molar-refractivity contribution in [3.63, 3.8) is 0 Å². The minimum Gasteiger partial charge on any atom is -0.481 e. The van der Waals surface area contributed by atoms with E-state index < -0.39 is 21.8 Å². The second-order valence-electron chi connectivity index (χ2n) is 4.82. The third-order valence-corrected chi connectivity index (χ3v) is 4.59. The van der Waals surface area contributed by atoms with Crippen LogP contribution in [0.5, 0.6) is 0 Å². The Morgan fingerprint density at radius 3 is 2.72 bits per heavy atom. The molecule has 0 aromatic carbocycles. The van der Waals surface area contributed by atoms with Gasteiger partial charge in [-0.3, -0.25) is 9.69 Å². The monoisotopic (exact) mass is 279 g/mol. The number of carboxylic acid groups (broad SMARTS) is 1. The molecule has 106 valence electrons. The first-order valence-corrected chi connectivity index (χ1v) is 7.90. The van der Waals surface area contributed by atoms with E-state index in [2.05, 4.69) is 0 Å². The highest BCUT2D eigenvalue weighted by atomic mass is 32.2. The molecule has 1 unspecified atom stereocenters. The van der Waals surface area contributed by atoms with Gasteiger partial charge < -0.3 is 9.84 Å². The Labute approximate surface area is 108 Å². The molecular weight excluding hydrogens is 258 g/mol. The standard InChI is InChI=1S/C11H21NO5S/c1-9(2)17-5-3-12-4-6-18(15,16)8-10(12)7-11(13)14/h9-10H,3-8H2,1-2H3,(H,13,14). The van der Waals surface area contributed by atoms with E-state index in [1.165, 1.54) is 0 Å². The van der Waals surface area contributed by atoms with Crippen LogP contribution < -0.4 is 0 Å². The van der Waals surface area contributed by atoms with Crippen LogP contribution in [0.4, 0.5) is 0 Å². The Hall–Kier alpha value is -0.660. The largest absolute Gasteiger partial charge is 0.481 e. The number of rotatable bonds is 6. The summed E-state index contributed by atoms with van der Waals surface area (Å²) in [6.45, 7) is 5.31. The number of hydrogen-bond acceptors (Lipinski definition) is 5. The van der Waals surface area contributed by atoms with Gasteiger partial charge in [0, 0.05) is 19.1 Å². The molecule has 1 heterocycles. The van der Waals surface area contributed by atoms with Crippen molar-refractivity contribution in [3.8, 4) is 0 Å². The van der Waals surface area contributed by atoms with Gasteiger partial charge in [0.25, 0.3) is 0 Å². The number of carbonyl (C=O) groups is 1. The minimum absolute atomic E-state index is 0.0685. The van der Waals surface area contributed by atoms with Gasteiger partial charge >= 0.3 is 5.97 Å². The highest BCUT2D eigenvalue weighted by Crippen LogP contribution is 2.14. The fourth-order valence-electron chi connectivity index (χ4n) is 2.01. The van der Waals surface area contributed by atoms with E-state index in [1.807, 2.05) is 18.7 Å². The predicted octanol–water partition coefficient (Wildman–Crippen LogP) is -0.0149. The van der Waals surface area contributed by atoms with E-state index in [1.54, 1.807) is 0 Å². The third-order valence-electron chi connectivity index (χ3n) is 2.89. The van der Waals surface area contributed by atoms with Crippen LogP contribution in [0.2, 0.25) is 0 Å². The molecular formula is C11H21NO5S. The molecule has 1 N–H and O–H groups in total. The van der Waals surface area contributed by atoms with Crippen LogP contribution in [-0.2, 0) is 19.4 Å². The third kappa shape index (κ3) is 5.32. The molecule has 1 rings (SSSR count). The summed E-state index contributed by atoms with van der Waals surface area (Å²) in [4.78, 5) is 12.7. The van der Waals surface area contributed by atoms with Crippen molar-refractivity contribution >= 4 is 15.8 Å². The number of sulfone groups is 1. The van der Waals surface area contributed by atoms with E-state index in [4.69, 9.17) is 9.84 Å². The van der Waals surface area contributed by atoms with Gasteiger partial charge in [-0.15, -0.1) is 0 Å². The van der Waals surface area contributed by atoms with Gasteiger partial charge in [0.1, 0.15) is 0 Å². The fourth-order valence-corrected chi connectivity index (χ4v) is 3.60. The molecule has 0 aromatic heterocycles. The summed E-state index contributed by atoms with van der Waals surface area (Å²) >= 11 is 0. The fraction of sp³-hybridized carbons (Fsp3) is 0.909. The number of carboxylic acids is 1. The van der Waals surface area contributed by atoms with Crippen LogP contribution >= 0.6 is 0 Å². The van der Waals surface area contributed by atoms with Crippen molar-refractivity contribution in [1.29, 1.82) is 0 Å². The Morgan fingerprint density at radius 1 is 1.50 bits per heavy atom. The van der Waals surface area contributed by atoms with E-state index in [0.717, 1.165) is 0 Å². The summed E-state index contributed by atoms with van der Waals surface area (Å²) in [5.41, 5.74) is 0.